The number of hydrogen-bond acceptors (Lipinski definition) is 3. The number of hydrogen-bond donors (Lipinski definition) is 2. The summed E-state index contributed by atoms with van der Waals surface area (Å²) in [5.41, 5.74) is 6.67. The minimum atomic E-state index is -0.308. The smallest absolute Gasteiger partial charge is 0.234 e. The third-order valence-corrected chi connectivity index (χ3v) is 4.49. The number of carbonyl (C=O) groups is 2. The second kappa shape index (κ2) is 7.55. The van der Waals surface area contributed by atoms with Gasteiger partial charge in [0.25, 0.3) is 0 Å². The van der Waals surface area contributed by atoms with Crippen molar-refractivity contribution in [2.24, 2.45) is 11.7 Å². The van der Waals surface area contributed by atoms with E-state index in [1.54, 1.807) is 19.1 Å². The molecule has 1 aliphatic heterocycles. The summed E-state index contributed by atoms with van der Waals surface area (Å²) in [7, 11) is 0. The summed E-state index contributed by atoms with van der Waals surface area (Å²) in [5.74, 6) is -0.906. The van der Waals surface area contributed by atoms with Gasteiger partial charge < -0.3 is 11.1 Å². The van der Waals surface area contributed by atoms with E-state index in [0.29, 0.717) is 12.1 Å². The number of likely N-dealkylation sites (tertiary alicyclic amines) is 1. The topological polar surface area (TPSA) is 75.4 Å². The number of primary amides is 1. The van der Waals surface area contributed by atoms with Crippen LogP contribution in [0.25, 0.3) is 0 Å². The van der Waals surface area contributed by atoms with Crippen molar-refractivity contribution in [2.75, 3.05) is 13.1 Å². The van der Waals surface area contributed by atoms with E-state index in [9.17, 15) is 14.0 Å². The van der Waals surface area contributed by atoms with Gasteiger partial charge in [0.05, 0.1) is 12.5 Å². The zero-order chi connectivity index (χ0) is 17.0. The Kier molecular flexibility index (Phi) is 5.71. The van der Waals surface area contributed by atoms with Crippen LogP contribution in [0.3, 0.4) is 0 Å². The Hall–Kier alpha value is -1.95. The van der Waals surface area contributed by atoms with Crippen molar-refractivity contribution in [3.05, 3.63) is 35.1 Å². The number of amides is 2. The van der Waals surface area contributed by atoms with E-state index in [0.717, 1.165) is 18.4 Å². The standard InChI is InChI=1S/C17H24FN3O2/c1-11-3-5-13(7-15(11)18)8-20-16(22)10-21-9-14(17(19)23)6-4-12(21)2/h3,5,7,12,14H,4,6,8-10H2,1-2H3,(H2,19,23)(H,20,22). The molecule has 3 N–H and O–H groups in total. The fraction of sp³-hybridized carbons (Fsp3) is 0.529. The minimum Gasteiger partial charge on any atom is -0.369 e. The Morgan fingerprint density at radius 2 is 2.13 bits per heavy atom. The summed E-state index contributed by atoms with van der Waals surface area (Å²) in [6.45, 7) is 4.77. The maximum atomic E-state index is 13.5. The minimum absolute atomic E-state index is 0.136. The van der Waals surface area contributed by atoms with Crippen LogP contribution in [0.4, 0.5) is 4.39 Å². The summed E-state index contributed by atoms with van der Waals surface area (Å²) in [5, 5.41) is 2.79. The highest BCUT2D eigenvalue weighted by Crippen LogP contribution is 2.21. The van der Waals surface area contributed by atoms with Gasteiger partial charge in [-0.25, -0.2) is 4.39 Å². The van der Waals surface area contributed by atoms with E-state index >= 15 is 0 Å². The van der Waals surface area contributed by atoms with E-state index in [1.807, 2.05) is 11.8 Å². The SMILES string of the molecule is Cc1ccc(CNC(=O)CN2CC(C(N)=O)CCC2C)cc1F. The molecular weight excluding hydrogens is 297 g/mol. The van der Waals surface area contributed by atoms with E-state index in [-0.39, 0.29) is 42.7 Å². The van der Waals surface area contributed by atoms with Crippen LogP contribution in [0.1, 0.15) is 30.9 Å². The average molecular weight is 321 g/mol. The molecule has 0 spiro atoms. The fourth-order valence-corrected chi connectivity index (χ4v) is 2.82. The van der Waals surface area contributed by atoms with Crippen LogP contribution in [0.2, 0.25) is 0 Å². The van der Waals surface area contributed by atoms with Crippen LogP contribution in [0.15, 0.2) is 18.2 Å². The van der Waals surface area contributed by atoms with E-state index in [2.05, 4.69) is 5.32 Å². The lowest BCUT2D eigenvalue weighted by Crippen LogP contribution is -2.49. The van der Waals surface area contributed by atoms with Gasteiger partial charge in [0, 0.05) is 19.1 Å². The van der Waals surface area contributed by atoms with Gasteiger partial charge >= 0.3 is 0 Å². The molecule has 0 aromatic heterocycles. The summed E-state index contributed by atoms with van der Waals surface area (Å²) < 4.78 is 13.5. The maximum absolute atomic E-state index is 13.5. The summed E-state index contributed by atoms with van der Waals surface area (Å²) >= 11 is 0. The third kappa shape index (κ3) is 4.76. The van der Waals surface area contributed by atoms with Gasteiger partial charge in [0.1, 0.15) is 5.82 Å². The molecule has 0 bridgehead atoms. The first-order valence-corrected chi connectivity index (χ1v) is 7.92. The van der Waals surface area contributed by atoms with E-state index in [1.165, 1.54) is 6.07 Å². The molecule has 0 radical (unpaired) electrons. The van der Waals surface area contributed by atoms with Crippen molar-refractivity contribution in [1.29, 1.82) is 0 Å². The molecule has 1 fully saturated rings. The van der Waals surface area contributed by atoms with Crippen molar-refractivity contribution in [3.63, 3.8) is 0 Å². The molecular formula is C17H24FN3O2. The number of nitrogens with two attached hydrogens (primary N) is 1. The van der Waals surface area contributed by atoms with Gasteiger partial charge in [-0.05, 0) is 43.9 Å². The Morgan fingerprint density at radius 1 is 1.39 bits per heavy atom. The highest BCUT2D eigenvalue weighted by Gasteiger charge is 2.29. The normalized spacial score (nSPS) is 21.9. The molecule has 1 aromatic rings. The van der Waals surface area contributed by atoms with Crippen LogP contribution < -0.4 is 11.1 Å². The molecule has 23 heavy (non-hydrogen) atoms. The predicted molar refractivity (Wildman–Crippen MR) is 85.9 cm³/mol. The molecule has 0 aliphatic carbocycles. The molecule has 2 rings (SSSR count). The second-order valence-corrected chi connectivity index (χ2v) is 6.32. The molecule has 0 saturated carbocycles. The highest BCUT2D eigenvalue weighted by molar-refractivity contribution is 5.79. The third-order valence-electron chi connectivity index (χ3n) is 4.49. The molecule has 6 heteroatoms. The molecule has 2 unspecified atom stereocenters. The summed E-state index contributed by atoms with van der Waals surface area (Å²) in [6.07, 6.45) is 1.63. The number of carbonyl (C=O) groups excluding carboxylic acids is 2. The van der Waals surface area contributed by atoms with Crippen molar-refractivity contribution >= 4 is 11.8 Å². The van der Waals surface area contributed by atoms with Gasteiger partial charge in [0.15, 0.2) is 0 Å². The Labute approximate surface area is 136 Å². The van der Waals surface area contributed by atoms with Gasteiger partial charge in [-0.15, -0.1) is 0 Å². The average Bonchev–Trinajstić information content (AvgIpc) is 2.50. The van der Waals surface area contributed by atoms with Crippen LogP contribution in [-0.4, -0.2) is 35.8 Å². The quantitative estimate of drug-likeness (QED) is 0.859. The number of piperidine rings is 1. The van der Waals surface area contributed by atoms with Gasteiger partial charge in [-0.3, -0.25) is 14.5 Å². The summed E-state index contributed by atoms with van der Waals surface area (Å²) in [6, 6.07) is 5.17. The zero-order valence-corrected chi connectivity index (χ0v) is 13.6. The molecule has 2 atom stereocenters. The Morgan fingerprint density at radius 3 is 2.78 bits per heavy atom. The number of benzene rings is 1. The second-order valence-electron chi connectivity index (χ2n) is 6.32. The first-order chi connectivity index (χ1) is 10.9. The lowest BCUT2D eigenvalue weighted by atomic mass is 9.93. The summed E-state index contributed by atoms with van der Waals surface area (Å²) in [4.78, 5) is 25.4. The van der Waals surface area contributed by atoms with Crippen molar-refractivity contribution in [1.82, 2.24) is 10.2 Å². The molecule has 5 nitrogen and oxygen atoms in total. The fourth-order valence-electron chi connectivity index (χ4n) is 2.82. The monoisotopic (exact) mass is 321 g/mol. The molecule has 126 valence electrons. The number of nitrogens with one attached hydrogen (secondary N) is 1. The lowest BCUT2D eigenvalue weighted by molar-refractivity contribution is -0.127. The molecule has 1 aliphatic rings. The van der Waals surface area contributed by atoms with Gasteiger partial charge in [0.2, 0.25) is 11.8 Å². The number of halogens is 1. The first kappa shape index (κ1) is 17.4. The van der Waals surface area contributed by atoms with Gasteiger partial charge in [-0.1, -0.05) is 12.1 Å². The maximum Gasteiger partial charge on any atom is 0.234 e. The lowest BCUT2D eigenvalue weighted by Gasteiger charge is -2.36. The van der Waals surface area contributed by atoms with E-state index in [4.69, 9.17) is 5.73 Å². The van der Waals surface area contributed by atoms with Crippen LogP contribution >= 0.6 is 0 Å². The van der Waals surface area contributed by atoms with Gasteiger partial charge in [-0.2, -0.15) is 0 Å². The number of rotatable bonds is 5. The van der Waals surface area contributed by atoms with Crippen LogP contribution in [0, 0.1) is 18.7 Å². The number of aryl methyl sites for hydroxylation is 1. The number of nitrogens with zero attached hydrogens (tertiary/aromatic N) is 1. The largest absolute Gasteiger partial charge is 0.369 e. The van der Waals surface area contributed by atoms with Crippen molar-refractivity contribution < 1.29 is 14.0 Å². The first-order valence-electron chi connectivity index (χ1n) is 7.92. The molecule has 1 aromatic carbocycles. The Bertz CT molecular complexity index is 591. The van der Waals surface area contributed by atoms with Crippen molar-refractivity contribution in [2.45, 2.75) is 39.3 Å². The van der Waals surface area contributed by atoms with Crippen LogP contribution in [0.5, 0.6) is 0 Å². The zero-order valence-electron chi connectivity index (χ0n) is 13.6. The Balaban J connectivity index is 1.85. The molecule has 1 saturated heterocycles. The van der Waals surface area contributed by atoms with Crippen LogP contribution in [-0.2, 0) is 16.1 Å². The predicted octanol–water partition coefficient (Wildman–Crippen LogP) is 1.34. The molecule has 2 amide bonds. The molecule has 1 heterocycles. The van der Waals surface area contributed by atoms with E-state index < -0.39 is 0 Å². The highest BCUT2D eigenvalue weighted by atomic mass is 19.1. The van der Waals surface area contributed by atoms with Crippen molar-refractivity contribution in [3.8, 4) is 0 Å².